The van der Waals surface area contributed by atoms with Gasteiger partial charge in [-0.25, -0.2) is 18.7 Å². The van der Waals surface area contributed by atoms with Crippen LogP contribution < -0.4 is 5.32 Å². The van der Waals surface area contributed by atoms with Crippen molar-refractivity contribution in [2.45, 2.75) is 12.3 Å². The molecule has 0 radical (unpaired) electrons. The first-order valence-electron chi connectivity index (χ1n) is 4.59. The van der Waals surface area contributed by atoms with Crippen molar-refractivity contribution in [1.29, 1.82) is 0 Å². The highest BCUT2D eigenvalue weighted by molar-refractivity contribution is 7.17. The average Bonchev–Trinajstić information content (AvgIpc) is 2.74. The van der Waals surface area contributed by atoms with Crippen LogP contribution in [0.2, 0.25) is 0 Å². The molecule has 0 bridgehead atoms. The van der Waals surface area contributed by atoms with E-state index in [1.807, 2.05) is 0 Å². The van der Waals surface area contributed by atoms with E-state index in [2.05, 4.69) is 15.3 Å². The van der Waals surface area contributed by atoms with E-state index < -0.39 is 18.9 Å². The maximum Gasteiger partial charge on any atom is 0.324 e. The van der Waals surface area contributed by atoms with Crippen molar-refractivity contribution in [3.05, 3.63) is 17.8 Å². The van der Waals surface area contributed by atoms with Crippen molar-refractivity contribution in [3.63, 3.8) is 0 Å². The Morgan fingerprint density at radius 3 is 2.82 bits per heavy atom. The zero-order valence-electron chi connectivity index (χ0n) is 8.33. The molecule has 2 aromatic rings. The fourth-order valence-electron chi connectivity index (χ4n) is 1.19. The first-order valence-corrected chi connectivity index (χ1v) is 5.47. The zero-order valence-corrected chi connectivity index (χ0v) is 9.15. The van der Waals surface area contributed by atoms with Gasteiger partial charge in [0.2, 0.25) is 0 Å². The normalized spacial score (nSPS) is 12.3. The lowest BCUT2D eigenvalue weighted by atomic mass is 10.3. The maximum atomic E-state index is 12.7. The van der Waals surface area contributed by atoms with Crippen molar-refractivity contribution in [2.75, 3.05) is 11.9 Å². The van der Waals surface area contributed by atoms with E-state index in [9.17, 15) is 17.6 Å². The van der Waals surface area contributed by atoms with Crippen molar-refractivity contribution < 1.29 is 17.6 Å². The minimum Gasteiger partial charge on any atom is -0.362 e. The third kappa shape index (κ3) is 2.46. The lowest BCUT2D eigenvalue weighted by Crippen LogP contribution is -2.35. The Morgan fingerprint density at radius 2 is 2.12 bits per heavy atom. The van der Waals surface area contributed by atoms with Crippen LogP contribution in [-0.4, -0.2) is 28.9 Å². The minimum atomic E-state index is -4.07. The largest absolute Gasteiger partial charge is 0.362 e. The van der Waals surface area contributed by atoms with E-state index in [0.29, 0.717) is 10.2 Å². The van der Waals surface area contributed by atoms with Crippen LogP contribution in [0.25, 0.3) is 10.2 Å². The molecule has 0 fully saturated rings. The molecular weight excluding hydrogens is 258 g/mol. The van der Waals surface area contributed by atoms with Crippen LogP contribution in [0.5, 0.6) is 0 Å². The van der Waals surface area contributed by atoms with Crippen LogP contribution in [0.15, 0.2) is 17.8 Å². The van der Waals surface area contributed by atoms with Gasteiger partial charge in [-0.3, -0.25) is 0 Å². The molecule has 17 heavy (non-hydrogen) atoms. The van der Waals surface area contributed by atoms with E-state index in [4.69, 9.17) is 0 Å². The highest BCUT2D eigenvalue weighted by Gasteiger charge is 2.40. The number of fused-ring (bicyclic) bond motifs is 1. The molecule has 0 aromatic carbocycles. The summed E-state index contributed by atoms with van der Waals surface area (Å²) < 4.78 is 49.9. The molecule has 2 heterocycles. The number of halogens is 4. The zero-order chi connectivity index (χ0) is 12.5. The predicted octanol–water partition coefficient (Wildman–Crippen LogP) is 3.00. The molecule has 3 nitrogen and oxygen atoms in total. The number of hydrogen-bond donors (Lipinski definition) is 1. The molecule has 2 aromatic heterocycles. The Morgan fingerprint density at radius 1 is 1.35 bits per heavy atom. The molecule has 1 N–H and O–H groups in total. The van der Waals surface area contributed by atoms with Gasteiger partial charge in [0, 0.05) is 0 Å². The summed E-state index contributed by atoms with van der Waals surface area (Å²) in [4.78, 5) is 7.66. The Labute approximate surface area is 97.5 Å². The summed E-state index contributed by atoms with van der Waals surface area (Å²) in [7, 11) is 0. The fraction of sp³-hybridized carbons (Fsp3) is 0.333. The number of anilines is 1. The van der Waals surface area contributed by atoms with Crippen molar-refractivity contribution in [2.24, 2.45) is 0 Å². The Hall–Kier alpha value is -1.44. The SMILES string of the molecule is FC(F)C(F)(F)CNc1ncnc2ccsc12. The Balaban J connectivity index is 2.17. The molecule has 0 saturated heterocycles. The van der Waals surface area contributed by atoms with Gasteiger partial charge in [0.1, 0.15) is 12.1 Å². The van der Waals surface area contributed by atoms with E-state index in [1.54, 1.807) is 11.4 Å². The summed E-state index contributed by atoms with van der Waals surface area (Å²) in [5.41, 5.74) is 0.591. The Kier molecular flexibility index (Phi) is 3.14. The van der Waals surface area contributed by atoms with E-state index >= 15 is 0 Å². The van der Waals surface area contributed by atoms with Crippen LogP contribution >= 0.6 is 11.3 Å². The van der Waals surface area contributed by atoms with Gasteiger partial charge >= 0.3 is 12.3 Å². The first-order chi connectivity index (χ1) is 8.00. The minimum absolute atomic E-state index is 0.144. The van der Waals surface area contributed by atoms with Crippen LogP contribution in [-0.2, 0) is 0 Å². The first kappa shape index (κ1) is 12.0. The number of rotatable bonds is 4. The van der Waals surface area contributed by atoms with Crippen LogP contribution in [0.1, 0.15) is 0 Å². The van der Waals surface area contributed by atoms with Crippen molar-refractivity contribution in [1.82, 2.24) is 9.97 Å². The number of hydrogen-bond acceptors (Lipinski definition) is 4. The molecular formula is C9H7F4N3S. The maximum absolute atomic E-state index is 12.7. The quantitative estimate of drug-likeness (QED) is 0.863. The molecule has 0 aliphatic carbocycles. The third-order valence-corrected chi connectivity index (χ3v) is 2.96. The van der Waals surface area contributed by atoms with E-state index in [0.717, 1.165) is 0 Å². The van der Waals surface area contributed by atoms with Gasteiger partial charge in [-0.05, 0) is 11.4 Å². The number of thiophene rings is 1. The van der Waals surface area contributed by atoms with E-state index in [1.165, 1.54) is 17.7 Å². The average molecular weight is 265 g/mol. The van der Waals surface area contributed by atoms with Crippen LogP contribution in [0.4, 0.5) is 23.4 Å². The predicted molar refractivity (Wildman–Crippen MR) is 56.9 cm³/mol. The second kappa shape index (κ2) is 4.44. The summed E-state index contributed by atoms with van der Waals surface area (Å²) in [5.74, 6) is -3.93. The molecule has 0 atom stereocenters. The molecule has 92 valence electrons. The molecule has 0 unspecified atom stereocenters. The fourth-order valence-corrected chi connectivity index (χ4v) is 2.00. The Bertz CT molecular complexity index is 514. The molecule has 0 spiro atoms. The molecule has 2 rings (SSSR count). The van der Waals surface area contributed by atoms with Crippen molar-refractivity contribution in [3.8, 4) is 0 Å². The van der Waals surface area contributed by atoms with Crippen LogP contribution in [0, 0.1) is 0 Å². The van der Waals surface area contributed by atoms with Gasteiger partial charge in [-0.2, -0.15) is 8.78 Å². The van der Waals surface area contributed by atoms with Gasteiger partial charge in [0.05, 0.1) is 16.8 Å². The number of nitrogens with one attached hydrogen (secondary N) is 1. The van der Waals surface area contributed by atoms with E-state index in [-0.39, 0.29) is 5.82 Å². The van der Waals surface area contributed by atoms with Crippen molar-refractivity contribution >= 4 is 27.4 Å². The lowest BCUT2D eigenvalue weighted by molar-refractivity contribution is -0.117. The van der Waals surface area contributed by atoms with Gasteiger partial charge in [-0.1, -0.05) is 0 Å². The number of nitrogens with zero attached hydrogens (tertiary/aromatic N) is 2. The number of alkyl halides is 4. The summed E-state index contributed by atoms with van der Waals surface area (Å²) in [6, 6.07) is 1.69. The summed E-state index contributed by atoms with van der Waals surface area (Å²) in [6.07, 6.45) is -2.51. The summed E-state index contributed by atoms with van der Waals surface area (Å²) >= 11 is 1.25. The molecule has 0 amide bonds. The summed E-state index contributed by atoms with van der Waals surface area (Å²) in [5, 5.41) is 3.94. The molecule has 0 aliphatic rings. The third-order valence-electron chi connectivity index (χ3n) is 2.05. The van der Waals surface area contributed by atoms with Gasteiger partial charge in [0.15, 0.2) is 0 Å². The van der Waals surface area contributed by atoms with Gasteiger partial charge in [0.25, 0.3) is 0 Å². The topological polar surface area (TPSA) is 37.8 Å². The summed E-state index contributed by atoms with van der Waals surface area (Å²) in [6.45, 7) is -1.16. The second-order valence-corrected chi connectivity index (χ2v) is 4.19. The highest BCUT2D eigenvalue weighted by atomic mass is 32.1. The molecule has 8 heteroatoms. The monoisotopic (exact) mass is 265 g/mol. The van der Waals surface area contributed by atoms with Crippen LogP contribution in [0.3, 0.4) is 0 Å². The molecule has 0 aliphatic heterocycles. The highest BCUT2D eigenvalue weighted by Crippen LogP contribution is 2.27. The second-order valence-electron chi connectivity index (χ2n) is 3.27. The van der Waals surface area contributed by atoms with Gasteiger partial charge < -0.3 is 5.32 Å². The molecule has 0 saturated carbocycles. The van der Waals surface area contributed by atoms with Gasteiger partial charge in [-0.15, -0.1) is 11.3 Å². The lowest BCUT2D eigenvalue weighted by Gasteiger charge is -2.16. The standard InChI is InChI=1S/C9H7F4N3S/c10-8(11)9(12,13)3-14-7-6-5(1-2-17-6)15-4-16-7/h1-2,4,8H,3H2,(H,14,15,16). The smallest absolute Gasteiger partial charge is 0.324 e. The number of aromatic nitrogens is 2.